The molecule has 36 heavy (non-hydrogen) atoms. The van der Waals surface area contributed by atoms with Crippen LogP contribution in [-0.4, -0.2) is 68.8 Å². The number of benzene rings is 2. The second-order valence-corrected chi connectivity index (χ2v) is 11.6. The van der Waals surface area contributed by atoms with Crippen LogP contribution in [0.4, 0.5) is 18.3 Å². The quantitative estimate of drug-likeness (QED) is 0.433. The number of fused-ring (bicyclic) bond motifs is 1. The van der Waals surface area contributed by atoms with E-state index in [1.807, 2.05) is 19.0 Å². The predicted molar refractivity (Wildman–Crippen MR) is 136 cm³/mol. The summed E-state index contributed by atoms with van der Waals surface area (Å²) in [5, 5.41) is 0.276. The minimum atomic E-state index is -3.80. The molecule has 0 N–H and O–H groups in total. The number of amides is 1. The van der Waals surface area contributed by atoms with E-state index in [0.717, 1.165) is 29.5 Å². The third-order valence-corrected chi connectivity index (χ3v) is 8.86. The number of thiazole rings is 1. The fourth-order valence-electron chi connectivity index (χ4n) is 3.98. The van der Waals surface area contributed by atoms with Gasteiger partial charge >= 0.3 is 0 Å². The van der Waals surface area contributed by atoms with Crippen LogP contribution in [-0.2, 0) is 14.8 Å². The number of sulfonamides is 1. The summed E-state index contributed by atoms with van der Waals surface area (Å²) in [6.07, 6.45) is 0.594. The van der Waals surface area contributed by atoms with E-state index in [2.05, 4.69) is 4.98 Å². The topological polar surface area (TPSA) is 73.8 Å². The van der Waals surface area contributed by atoms with E-state index in [0.29, 0.717) is 30.6 Å². The van der Waals surface area contributed by atoms with Gasteiger partial charge in [0.05, 0.1) is 9.60 Å². The largest absolute Gasteiger partial charge is 0.308 e. The van der Waals surface area contributed by atoms with E-state index in [-0.39, 0.29) is 46.9 Å². The molecule has 1 aliphatic rings. The minimum Gasteiger partial charge on any atom is -0.308 e. The Kier molecular flexibility index (Phi) is 8.99. The zero-order valence-corrected chi connectivity index (χ0v) is 22.1. The highest BCUT2D eigenvalue weighted by molar-refractivity contribution is 7.89. The lowest BCUT2D eigenvalue weighted by Crippen LogP contribution is -2.46. The SMILES string of the molecule is CN(C)CCN(C(=O)C1CCN(S(=O)(=O)c2ccc(F)cc2)CC1)c1nc2c(F)cc(F)cc2s1.Cl. The fraction of sp³-hybridized carbons (Fsp3) is 0.391. The average Bonchev–Trinajstić information content (AvgIpc) is 3.23. The van der Waals surface area contributed by atoms with Crippen LogP contribution in [0, 0.1) is 23.4 Å². The molecular formula is C23H26ClF3N4O3S2. The maximum Gasteiger partial charge on any atom is 0.243 e. The van der Waals surface area contributed by atoms with Crippen LogP contribution in [0.5, 0.6) is 0 Å². The van der Waals surface area contributed by atoms with Crippen molar-refractivity contribution >= 4 is 55.0 Å². The van der Waals surface area contributed by atoms with Gasteiger partial charge in [-0.3, -0.25) is 9.69 Å². The van der Waals surface area contributed by atoms with Crippen molar-refractivity contribution in [3.05, 3.63) is 53.8 Å². The van der Waals surface area contributed by atoms with Gasteiger partial charge in [-0.1, -0.05) is 11.3 Å². The molecule has 7 nitrogen and oxygen atoms in total. The van der Waals surface area contributed by atoms with Gasteiger partial charge in [0.15, 0.2) is 10.9 Å². The van der Waals surface area contributed by atoms with Crippen LogP contribution in [0.2, 0.25) is 0 Å². The van der Waals surface area contributed by atoms with Gasteiger partial charge in [0.25, 0.3) is 0 Å². The van der Waals surface area contributed by atoms with Gasteiger partial charge in [-0.25, -0.2) is 26.6 Å². The fourth-order valence-corrected chi connectivity index (χ4v) is 6.49. The summed E-state index contributed by atoms with van der Waals surface area (Å²) in [6.45, 7) is 1.09. The number of piperidine rings is 1. The lowest BCUT2D eigenvalue weighted by molar-refractivity contribution is -0.123. The summed E-state index contributed by atoms with van der Waals surface area (Å²) < 4.78 is 68.5. The molecule has 2 aromatic carbocycles. The third-order valence-electron chi connectivity index (χ3n) is 5.92. The maximum atomic E-state index is 14.2. The molecule has 4 rings (SSSR count). The summed E-state index contributed by atoms with van der Waals surface area (Å²) in [7, 11) is -0.0884. The number of rotatable bonds is 7. The maximum absolute atomic E-state index is 14.2. The molecule has 0 bridgehead atoms. The Bertz CT molecular complexity index is 1330. The van der Waals surface area contributed by atoms with Gasteiger partial charge in [0.1, 0.15) is 17.2 Å². The highest BCUT2D eigenvalue weighted by atomic mass is 35.5. The number of likely N-dealkylation sites (N-methyl/N-ethyl adjacent to an activating group) is 1. The predicted octanol–water partition coefficient (Wildman–Crippen LogP) is 4.13. The zero-order valence-electron chi connectivity index (χ0n) is 19.7. The summed E-state index contributed by atoms with van der Waals surface area (Å²) in [6, 6.07) is 6.58. The lowest BCUT2D eigenvalue weighted by Gasteiger charge is -2.33. The summed E-state index contributed by atoms with van der Waals surface area (Å²) in [5.74, 6) is -2.72. The van der Waals surface area contributed by atoms with Gasteiger partial charge in [-0.05, 0) is 57.3 Å². The van der Waals surface area contributed by atoms with E-state index >= 15 is 0 Å². The standard InChI is InChI=1S/C23H25F3N4O3S2.ClH/c1-28(2)11-12-30(23-27-21-19(26)13-17(25)14-20(21)34-23)22(31)15-7-9-29(10-8-15)35(32,33)18-5-3-16(24)4-6-18;/h3-6,13-15H,7-12H2,1-2H3;1H. The van der Waals surface area contributed by atoms with Crippen molar-refractivity contribution in [3.8, 4) is 0 Å². The Morgan fingerprint density at radius 2 is 1.69 bits per heavy atom. The Morgan fingerprint density at radius 3 is 2.31 bits per heavy atom. The molecule has 0 unspecified atom stereocenters. The Balaban J connectivity index is 0.00000361. The van der Waals surface area contributed by atoms with Crippen molar-refractivity contribution in [2.75, 3.05) is 45.2 Å². The number of aromatic nitrogens is 1. The van der Waals surface area contributed by atoms with Crippen molar-refractivity contribution in [1.82, 2.24) is 14.2 Å². The van der Waals surface area contributed by atoms with E-state index in [9.17, 15) is 26.4 Å². The second-order valence-electron chi connectivity index (χ2n) is 8.66. The summed E-state index contributed by atoms with van der Waals surface area (Å²) in [4.78, 5) is 21.2. The van der Waals surface area contributed by atoms with E-state index in [1.165, 1.54) is 27.4 Å². The summed E-state index contributed by atoms with van der Waals surface area (Å²) >= 11 is 1.04. The van der Waals surface area contributed by atoms with Crippen molar-refractivity contribution in [2.45, 2.75) is 17.7 Å². The van der Waals surface area contributed by atoms with Gasteiger partial charge in [-0.15, -0.1) is 12.4 Å². The lowest BCUT2D eigenvalue weighted by atomic mass is 9.96. The number of halogens is 4. The van der Waals surface area contributed by atoms with Crippen LogP contribution in [0.15, 0.2) is 41.3 Å². The molecule has 1 aromatic heterocycles. The molecule has 2 heterocycles. The Hall–Kier alpha value is -2.25. The minimum absolute atomic E-state index is 0. The first-order valence-electron chi connectivity index (χ1n) is 11.0. The smallest absolute Gasteiger partial charge is 0.243 e. The van der Waals surface area contributed by atoms with Crippen molar-refractivity contribution in [2.24, 2.45) is 5.92 Å². The number of hydrogen-bond acceptors (Lipinski definition) is 6. The molecule has 1 saturated heterocycles. The number of carbonyl (C=O) groups excluding carboxylic acids is 1. The van der Waals surface area contributed by atoms with Crippen LogP contribution in [0.25, 0.3) is 10.2 Å². The second kappa shape index (κ2) is 11.4. The van der Waals surface area contributed by atoms with Crippen LogP contribution >= 0.6 is 23.7 Å². The van der Waals surface area contributed by atoms with E-state index in [1.54, 1.807) is 0 Å². The number of hydrogen-bond donors (Lipinski definition) is 0. The molecule has 0 atom stereocenters. The number of carbonyl (C=O) groups is 1. The third kappa shape index (κ3) is 6.00. The highest BCUT2D eigenvalue weighted by Gasteiger charge is 2.35. The average molecular weight is 563 g/mol. The van der Waals surface area contributed by atoms with Crippen LogP contribution in [0.1, 0.15) is 12.8 Å². The highest BCUT2D eigenvalue weighted by Crippen LogP contribution is 2.33. The van der Waals surface area contributed by atoms with Crippen LogP contribution < -0.4 is 4.90 Å². The van der Waals surface area contributed by atoms with Gasteiger partial charge in [-0.2, -0.15) is 4.31 Å². The van der Waals surface area contributed by atoms with Crippen LogP contribution in [0.3, 0.4) is 0 Å². The molecule has 3 aromatic rings. The van der Waals surface area contributed by atoms with Gasteiger partial charge in [0.2, 0.25) is 15.9 Å². The molecule has 13 heteroatoms. The zero-order chi connectivity index (χ0) is 25.3. The van der Waals surface area contributed by atoms with Gasteiger partial charge in [0, 0.05) is 38.2 Å². The monoisotopic (exact) mass is 562 g/mol. The van der Waals surface area contributed by atoms with Gasteiger partial charge < -0.3 is 4.90 Å². The normalized spacial score (nSPS) is 15.3. The van der Waals surface area contributed by atoms with Crippen molar-refractivity contribution < 1.29 is 26.4 Å². The first kappa shape index (κ1) is 28.3. The number of anilines is 1. The molecule has 0 spiro atoms. The first-order chi connectivity index (χ1) is 16.6. The van der Waals surface area contributed by atoms with E-state index < -0.39 is 33.4 Å². The summed E-state index contributed by atoms with van der Waals surface area (Å²) in [5.41, 5.74) is 0.00858. The molecule has 1 aliphatic heterocycles. The Labute approximate surface area is 218 Å². The van der Waals surface area contributed by atoms with E-state index in [4.69, 9.17) is 0 Å². The molecule has 0 radical (unpaired) electrons. The van der Waals surface area contributed by atoms with Crippen molar-refractivity contribution in [3.63, 3.8) is 0 Å². The molecular weight excluding hydrogens is 537 g/mol. The molecule has 196 valence electrons. The van der Waals surface area contributed by atoms with Crippen molar-refractivity contribution in [1.29, 1.82) is 0 Å². The molecule has 0 saturated carbocycles. The number of nitrogens with zero attached hydrogens (tertiary/aromatic N) is 4. The first-order valence-corrected chi connectivity index (χ1v) is 13.3. The molecule has 1 amide bonds. The Morgan fingerprint density at radius 1 is 1.06 bits per heavy atom. The molecule has 0 aliphatic carbocycles. The molecule has 1 fully saturated rings.